The number of carbonyl (C=O) groups is 5. The van der Waals surface area contributed by atoms with Crippen molar-refractivity contribution in [1.29, 1.82) is 0 Å². The normalized spacial score (nSPS) is 34.6. The van der Waals surface area contributed by atoms with Gasteiger partial charge in [-0.25, -0.2) is 0 Å². The molecule has 2 fully saturated rings. The number of ether oxygens (including phenoxy) is 1. The Hall–Kier alpha value is -3.95. The smallest absolute Gasteiger partial charge is 0.191 e. The highest BCUT2D eigenvalue weighted by Crippen LogP contribution is 2.66. The molecule has 9 nitrogen and oxygen atoms in total. The second-order valence-corrected chi connectivity index (χ2v) is 12.6. The van der Waals surface area contributed by atoms with Gasteiger partial charge in [-0.05, 0) is 54.7 Å². The van der Waals surface area contributed by atoms with Crippen molar-refractivity contribution >= 4 is 40.6 Å². The summed E-state index contributed by atoms with van der Waals surface area (Å²) in [7, 11) is 0. The van der Waals surface area contributed by atoms with Crippen LogP contribution in [0.3, 0.4) is 0 Å². The maximum atomic E-state index is 14.6. The van der Waals surface area contributed by atoms with E-state index >= 15 is 0 Å². The van der Waals surface area contributed by atoms with E-state index < -0.39 is 80.9 Å². The van der Waals surface area contributed by atoms with Gasteiger partial charge in [-0.15, -0.1) is 0 Å². The first kappa shape index (κ1) is 30.5. The molecule has 0 aromatic heterocycles. The van der Waals surface area contributed by atoms with Crippen molar-refractivity contribution in [1.82, 2.24) is 0 Å². The van der Waals surface area contributed by atoms with Crippen LogP contribution in [0, 0.1) is 34.5 Å². The van der Waals surface area contributed by atoms with Crippen LogP contribution in [0.5, 0.6) is 11.5 Å². The molecule has 7 atom stereocenters. The highest BCUT2D eigenvalue weighted by Gasteiger charge is 2.80. The number of hydrogen-bond acceptors (Lipinski definition) is 9. The molecule has 3 N–H and O–H groups in total. The summed E-state index contributed by atoms with van der Waals surface area (Å²) in [6.07, 6.45) is -0.110. The summed E-state index contributed by atoms with van der Waals surface area (Å²) in [5.74, 6) is -10.4. The summed E-state index contributed by atoms with van der Waals surface area (Å²) >= 11 is 0. The van der Waals surface area contributed by atoms with Gasteiger partial charge in [0.2, 0.25) is 0 Å². The van der Waals surface area contributed by atoms with E-state index in [0.29, 0.717) is 23.5 Å². The fourth-order valence-corrected chi connectivity index (χ4v) is 8.11. The van der Waals surface area contributed by atoms with Crippen LogP contribution in [0.2, 0.25) is 0 Å². The number of benzene rings is 2. The molecular formula is C34H36O9. The lowest BCUT2D eigenvalue weighted by Crippen LogP contribution is -2.81. The number of rotatable bonds is 5. The van der Waals surface area contributed by atoms with Gasteiger partial charge in [0.25, 0.3) is 0 Å². The molecule has 0 aliphatic heterocycles. The highest BCUT2D eigenvalue weighted by atomic mass is 16.5. The number of hydrogen-bond donors (Lipinski definition) is 3. The van der Waals surface area contributed by atoms with Gasteiger partial charge in [-0.3, -0.25) is 24.0 Å². The van der Waals surface area contributed by atoms with Crippen molar-refractivity contribution in [3.8, 4) is 11.5 Å². The lowest BCUT2D eigenvalue weighted by Gasteiger charge is -2.64. The van der Waals surface area contributed by atoms with E-state index in [0.717, 1.165) is 6.92 Å². The molecule has 0 saturated heterocycles. The number of ketones is 5. The van der Waals surface area contributed by atoms with Gasteiger partial charge < -0.3 is 20.1 Å². The minimum atomic E-state index is -3.03. The third-order valence-corrected chi connectivity index (χ3v) is 9.99. The fraction of sp³-hybridized carbons (Fsp3) is 0.441. The molecule has 0 heterocycles. The van der Waals surface area contributed by atoms with Crippen molar-refractivity contribution in [2.75, 3.05) is 6.61 Å². The van der Waals surface area contributed by atoms with Crippen LogP contribution in [0.1, 0.15) is 63.0 Å². The predicted octanol–water partition coefficient (Wildman–Crippen LogP) is 3.46. The number of carbonyl (C=O) groups excluding carboxylic acids is 5. The lowest BCUT2D eigenvalue weighted by atomic mass is 9.38. The molecule has 3 aliphatic rings. The zero-order valence-corrected chi connectivity index (χ0v) is 25.0. The van der Waals surface area contributed by atoms with Gasteiger partial charge in [0.15, 0.2) is 28.7 Å². The predicted molar refractivity (Wildman–Crippen MR) is 156 cm³/mol. The molecular weight excluding hydrogens is 552 g/mol. The van der Waals surface area contributed by atoms with Crippen molar-refractivity contribution in [3.63, 3.8) is 0 Å². The quantitative estimate of drug-likeness (QED) is 0.445. The van der Waals surface area contributed by atoms with Gasteiger partial charge in [0, 0.05) is 16.7 Å². The van der Waals surface area contributed by atoms with Crippen LogP contribution in [-0.4, -0.2) is 62.5 Å². The van der Waals surface area contributed by atoms with Crippen LogP contribution in [0.25, 0.3) is 11.6 Å². The van der Waals surface area contributed by atoms with Crippen LogP contribution in [0.15, 0.2) is 42.5 Å². The molecule has 43 heavy (non-hydrogen) atoms. The number of Topliss-reactive ketones (excluding diaryl/α,β-unsaturated/α-hetero) is 5. The Morgan fingerprint density at radius 2 is 1.65 bits per heavy atom. The second-order valence-electron chi connectivity index (χ2n) is 12.6. The van der Waals surface area contributed by atoms with Crippen LogP contribution < -0.4 is 4.74 Å². The summed E-state index contributed by atoms with van der Waals surface area (Å²) in [6, 6.07) is 11.4. The molecule has 0 bridgehead atoms. The number of aliphatic hydroxyl groups excluding tert-OH is 1. The lowest BCUT2D eigenvalue weighted by molar-refractivity contribution is -0.230. The van der Waals surface area contributed by atoms with Gasteiger partial charge in [-0.1, -0.05) is 58.0 Å². The molecule has 2 saturated carbocycles. The van der Waals surface area contributed by atoms with Crippen molar-refractivity contribution < 1.29 is 44.0 Å². The maximum absolute atomic E-state index is 14.6. The second kappa shape index (κ2) is 10.1. The van der Waals surface area contributed by atoms with E-state index in [1.54, 1.807) is 50.3 Å². The first-order chi connectivity index (χ1) is 20.1. The Kier molecular flexibility index (Phi) is 7.14. The van der Waals surface area contributed by atoms with Gasteiger partial charge in [-0.2, -0.15) is 0 Å². The zero-order valence-electron chi connectivity index (χ0n) is 25.0. The Labute approximate surface area is 249 Å². The van der Waals surface area contributed by atoms with E-state index in [9.17, 15) is 39.3 Å². The van der Waals surface area contributed by atoms with E-state index in [1.807, 2.05) is 6.92 Å². The molecule has 226 valence electrons. The SMILES string of the molecule is CCOc1ccc(/C=C2\c3cccc(O)c3C(=O)C3C(=O)[C@@]4(O)C(=O)C(C(C)=O)C(=O)C(C(C)C)[C@@]4(C)[C@H](O)[C@@]23C)cc1. The first-order valence-electron chi connectivity index (χ1n) is 14.4. The zero-order chi connectivity index (χ0) is 31.8. The number of aliphatic hydroxyl groups is 2. The Morgan fingerprint density at radius 1 is 1.02 bits per heavy atom. The average molecular weight is 589 g/mol. The summed E-state index contributed by atoms with van der Waals surface area (Å²) in [4.78, 5) is 69.1. The van der Waals surface area contributed by atoms with Crippen molar-refractivity contribution in [3.05, 3.63) is 59.2 Å². The third-order valence-electron chi connectivity index (χ3n) is 9.99. The monoisotopic (exact) mass is 588 g/mol. The van der Waals surface area contributed by atoms with E-state index in [4.69, 9.17) is 4.74 Å². The number of phenols is 1. The molecule has 0 spiro atoms. The molecule has 9 heteroatoms. The van der Waals surface area contributed by atoms with E-state index in [1.165, 1.54) is 26.0 Å². The molecule has 0 radical (unpaired) electrons. The van der Waals surface area contributed by atoms with Gasteiger partial charge >= 0.3 is 0 Å². The topological polar surface area (TPSA) is 155 Å². The molecule has 5 rings (SSSR count). The van der Waals surface area contributed by atoms with Crippen molar-refractivity contribution in [2.45, 2.75) is 53.2 Å². The number of phenolic OH excluding ortho intramolecular Hbond substituents is 1. The van der Waals surface area contributed by atoms with Crippen LogP contribution >= 0.6 is 0 Å². The number of aromatic hydroxyl groups is 1. The Balaban J connectivity index is 1.85. The minimum Gasteiger partial charge on any atom is -0.507 e. The van der Waals surface area contributed by atoms with E-state index in [-0.39, 0.29) is 11.1 Å². The Bertz CT molecular complexity index is 1600. The summed E-state index contributed by atoms with van der Waals surface area (Å²) < 4.78 is 5.54. The summed E-state index contributed by atoms with van der Waals surface area (Å²) in [6.45, 7) is 9.50. The van der Waals surface area contributed by atoms with Gasteiger partial charge in [0.1, 0.15) is 23.2 Å². The summed E-state index contributed by atoms with van der Waals surface area (Å²) in [5, 5.41) is 35.6. The van der Waals surface area contributed by atoms with Crippen LogP contribution in [0.4, 0.5) is 0 Å². The highest BCUT2D eigenvalue weighted by molar-refractivity contribution is 6.34. The number of fused-ring (bicyclic) bond motifs is 3. The fourth-order valence-electron chi connectivity index (χ4n) is 8.11. The molecule has 2 aromatic rings. The minimum absolute atomic E-state index is 0.183. The molecule has 3 unspecified atom stereocenters. The van der Waals surface area contributed by atoms with E-state index in [2.05, 4.69) is 0 Å². The standard InChI is InChI=1S/C34H36O9/c1-7-43-19-13-11-18(12-14-19)15-21-20-9-8-10-22(36)24(20)28(38)26-30(40)34(42)29(39)23(17(4)35)27(37)25(16(2)3)33(34,6)31(41)32(21,26)5/h8-16,23,25-26,31,36,41-42H,7H2,1-6H3/b21-15+/t23?,25?,26?,31-,32+,33+,34+/m1/s1. The third kappa shape index (κ3) is 3.80. The van der Waals surface area contributed by atoms with Crippen LogP contribution in [-0.2, 0) is 19.2 Å². The molecule has 3 aliphatic carbocycles. The largest absolute Gasteiger partial charge is 0.507 e. The van der Waals surface area contributed by atoms with Gasteiger partial charge in [0.05, 0.1) is 24.2 Å². The average Bonchev–Trinajstić information content (AvgIpc) is 2.93. The molecule has 0 amide bonds. The maximum Gasteiger partial charge on any atom is 0.191 e. The molecule has 2 aromatic carbocycles. The first-order valence-corrected chi connectivity index (χ1v) is 14.4. The Morgan fingerprint density at radius 3 is 2.21 bits per heavy atom. The summed E-state index contributed by atoms with van der Waals surface area (Å²) in [5.41, 5.74) is -5.86. The van der Waals surface area contributed by atoms with Crippen molar-refractivity contribution in [2.24, 2.45) is 34.5 Å².